The van der Waals surface area contributed by atoms with Crippen molar-refractivity contribution in [3.8, 4) is 5.75 Å². The van der Waals surface area contributed by atoms with Crippen molar-refractivity contribution in [1.29, 1.82) is 0 Å². The van der Waals surface area contributed by atoms with E-state index in [9.17, 15) is 0 Å². The topological polar surface area (TPSA) is 24.5 Å². The van der Waals surface area contributed by atoms with Gasteiger partial charge in [-0.3, -0.25) is 4.90 Å². The van der Waals surface area contributed by atoms with Crippen LogP contribution in [0.5, 0.6) is 5.75 Å². The summed E-state index contributed by atoms with van der Waals surface area (Å²) in [6.45, 7) is 7.62. The molecule has 2 fully saturated rings. The van der Waals surface area contributed by atoms with Gasteiger partial charge in [0.2, 0.25) is 0 Å². The van der Waals surface area contributed by atoms with E-state index < -0.39 is 0 Å². The molecule has 1 N–H and O–H groups in total. The van der Waals surface area contributed by atoms with Crippen LogP contribution in [0.3, 0.4) is 0 Å². The molecule has 0 bridgehead atoms. The van der Waals surface area contributed by atoms with Gasteiger partial charge >= 0.3 is 0 Å². The van der Waals surface area contributed by atoms with E-state index in [4.69, 9.17) is 16.3 Å². The molecule has 4 heteroatoms. The second kappa shape index (κ2) is 5.79. The van der Waals surface area contributed by atoms with Crippen molar-refractivity contribution in [2.45, 2.75) is 44.8 Å². The van der Waals surface area contributed by atoms with Gasteiger partial charge in [-0.05, 0) is 44.7 Å². The Hall–Kier alpha value is -0.770. The molecule has 2 aliphatic rings. The van der Waals surface area contributed by atoms with Gasteiger partial charge in [0.05, 0.1) is 7.11 Å². The Kier molecular flexibility index (Phi) is 4.17. The molecule has 1 saturated carbocycles. The lowest BCUT2D eigenvalue weighted by Gasteiger charge is -2.46. The van der Waals surface area contributed by atoms with Gasteiger partial charge < -0.3 is 10.1 Å². The summed E-state index contributed by atoms with van der Waals surface area (Å²) < 4.78 is 5.49. The number of methoxy groups -OCH3 is 1. The number of ether oxygens (including phenoxy) is 1. The van der Waals surface area contributed by atoms with Gasteiger partial charge in [-0.25, -0.2) is 0 Å². The lowest BCUT2D eigenvalue weighted by molar-refractivity contribution is 0.0764. The Bertz CT molecular complexity index is 518. The summed E-state index contributed by atoms with van der Waals surface area (Å²) in [5.74, 6) is 1.72. The largest absolute Gasteiger partial charge is 0.496 e. The van der Waals surface area contributed by atoms with Crippen molar-refractivity contribution in [1.82, 2.24) is 10.2 Å². The average molecular weight is 309 g/mol. The second-order valence-electron chi connectivity index (χ2n) is 6.75. The smallest absolute Gasteiger partial charge is 0.124 e. The fourth-order valence-corrected chi connectivity index (χ4v) is 3.66. The average Bonchev–Trinajstić information content (AvgIpc) is 3.30. The molecule has 1 saturated heterocycles. The molecule has 1 aromatic carbocycles. The highest BCUT2D eigenvalue weighted by Crippen LogP contribution is 2.42. The van der Waals surface area contributed by atoms with Gasteiger partial charge in [-0.1, -0.05) is 17.7 Å². The fourth-order valence-electron chi connectivity index (χ4n) is 3.44. The van der Waals surface area contributed by atoms with E-state index in [2.05, 4.69) is 24.1 Å². The first-order valence-electron chi connectivity index (χ1n) is 7.84. The predicted molar refractivity (Wildman–Crippen MR) is 87.0 cm³/mol. The summed E-state index contributed by atoms with van der Waals surface area (Å²) in [5, 5.41) is 4.56. The summed E-state index contributed by atoms with van der Waals surface area (Å²) in [6, 6.07) is 6.40. The van der Waals surface area contributed by atoms with Crippen molar-refractivity contribution in [2.24, 2.45) is 5.92 Å². The highest BCUT2D eigenvalue weighted by Gasteiger charge is 2.45. The molecule has 0 spiro atoms. The molecule has 0 amide bonds. The van der Waals surface area contributed by atoms with Gasteiger partial charge in [0, 0.05) is 41.8 Å². The molecule has 1 aliphatic heterocycles. The molecule has 116 valence electrons. The first kappa shape index (κ1) is 15.1. The molecule has 0 aromatic heterocycles. The standard InChI is InChI=1S/C17H25ClN2O/c1-12-9-19-17(2,13-7-8-13)11-20(12)10-14-15(18)5-4-6-16(14)21-3/h4-6,12-13,19H,7-11H2,1-3H3. The van der Waals surface area contributed by atoms with E-state index in [1.807, 2.05) is 18.2 Å². The molecule has 2 unspecified atom stereocenters. The number of piperazine rings is 1. The number of hydrogen-bond acceptors (Lipinski definition) is 3. The number of hydrogen-bond donors (Lipinski definition) is 1. The summed E-state index contributed by atoms with van der Waals surface area (Å²) >= 11 is 6.40. The summed E-state index contributed by atoms with van der Waals surface area (Å²) in [4.78, 5) is 2.54. The van der Waals surface area contributed by atoms with Crippen LogP contribution in [0.2, 0.25) is 5.02 Å². The van der Waals surface area contributed by atoms with Crippen LogP contribution >= 0.6 is 11.6 Å². The van der Waals surface area contributed by atoms with Crippen molar-refractivity contribution < 1.29 is 4.74 Å². The molecular formula is C17H25ClN2O. The number of nitrogens with zero attached hydrogens (tertiary/aromatic N) is 1. The summed E-state index contributed by atoms with van der Waals surface area (Å²) in [7, 11) is 1.71. The highest BCUT2D eigenvalue weighted by molar-refractivity contribution is 6.31. The predicted octanol–water partition coefficient (Wildman–Crippen LogP) is 3.31. The number of halogens is 1. The van der Waals surface area contributed by atoms with Crippen molar-refractivity contribution in [2.75, 3.05) is 20.2 Å². The Balaban J connectivity index is 1.79. The minimum absolute atomic E-state index is 0.251. The quantitative estimate of drug-likeness (QED) is 0.923. The van der Waals surface area contributed by atoms with Crippen LogP contribution in [0, 0.1) is 5.92 Å². The number of nitrogens with one attached hydrogen (secondary N) is 1. The minimum Gasteiger partial charge on any atom is -0.496 e. The Morgan fingerprint density at radius 1 is 1.43 bits per heavy atom. The highest BCUT2D eigenvalue weighted by atomic mass is 35.5. The Labute approximate surface area is 132 Å². The van der Waals surface area contributed by atoms with Crippen LogP contribution in [-0.4, -0.2) is 36.7 Å². The van der Waals surface area contributed by atoms with Crippen molar-refractivity contribution in [3.05, 3.63) is 28.8 Å². The molecule has 3 rings (SSSR count). The van der Waals surface area contributed by atoms with Crippen LogP contribution in [0.4, 0.5) is 0 Å². The molecule has 21 heavy (non-hydrogen) atoms. The zero-order valence-electron chi connectivity index (χ0n) is 13.2. The molecule has 0 radical (unpaired) electrons. The Morgan fingerprint density at radius 3 is 2.86 bits per heavy atom. The van der Waals surface area contributed by atoms with E-state index in [0.717, 1.165) is 41.9 Å². The van der Waals surface area contributed by atoms with Crippen LogP contribution in [-0.2, 0) is 6.54 Å². The Morgan fingerprint density at radius 2 is 2.19 bits per heavy atom. The molecule has 1 heterocycles. The van der Waals surface area contributed by atoms with Crippen LogP contribution in [0.15, 0.2) is 18.2 Å². The molecular weight excluding hydrogens is 284 g/mol. The maximum absolute atomic E-state index is 6.40. The summed E-state index contributed by atoms with van der Waals surface area (Å²) in [6.07, 6.45) is 2.72. The second-order valence-corrected chi connectivity index (χ2v) is 7.15. The lowest BCUT2D eigenvalue weighted by Crippen LogP contribution is -2.62. The SMILES string of the molecule is COc1cccc(Cl)c1CN1CC(C)(C2CC2)NCC1C. The van der Waals surface area contributed by atoms with E-state index in [0.29, 0.717) is 6.04 Å². The van der Waals surface area contributed by atoms with E-state index in [1.165, 1.54) is 12.8 Å². The lowest BCUT2D eigenvalue weighted by atomic mass is 9.91. The third-order valence-corrected chi connectivity index (χ3v) is 5.45. The zero-order chi connectivity index (χ0) is 15.0. The third-order valence-electron chi connectivity index (χ3n) is 5.09. The molecule has 1 aromatic rings. The monoisotopic (exact) mass is 308 g/mol. The maximum Gasteiger partial charge on any atom is 0.124 e. The maximum atomic E-state index is 6.40. The van der Waals surface area contributed by atoms with Crippen molar-refractivity contribution >= 4 is 11.6 Å². The van der Waals surface area contributed by atoms with Gasteiger partial charge in [0.1, 0.15) is 5.75 Å². The summed E-state index contributed by atoms with van der Waals surface area (Å²) in [5.41, 5.74) is 1.36. The minimum atomic E-state index is 0.251. The molecule has 3 nitrogen and oxygen atoms in total. The van der Waals surface area contributed by atoms with Gasteiger partial charge in [0.25, 0.3) is 0 Å². The van der Waals surface area contributed by atoms with Gasteiger partial charge in [0.15, 0.2) is 0 Å². The molecule has 1 aliphatic carbocycles. The zero-order valence-corrected chi connectivity index (χ0v) is 13.9. The fraction of sp³-hybridized carbons (Fsp3) is 0.647. The molecule has 2 atom stereocenters. The van der Waals surface area contributed by atoms with E-state index >= 15 is 0 Å². The van der Waals surface area contributed by atoms with Gasteiger partial charge in [-0.15, -0.1) is 0 Å². The number of rotatable bonds is 4. The van der Waals surface area contributed by atoms with E-state index in [-0.39, 0.29) is 5.54 Å². The normalized spacial score (nSPS) is 30.4. The third kappa shape index (κ3) is 3.05. The van der Waals surface area contributed by atoms with Crippen LogP contribution < -0.4 is 10.1 Å². The number of benzene rings is 1. The van der Waals surface area contributed by atoms with E-state index in [1.54, 1.807) is 7.11 Å². The van der Waals surface area contributed by atoms with Crippen molar-refractivity contribution in [3.63, 3.8) is 0 Å². The first-order valence-corrected chi connectivity index (χ1v) is 8.22. The van der Waals surface area contributed by atoms with Crippen LogP contribution in [0.1, 0.15) is 32.3 Å². The first-order chi connectivity index (χ1) is 10.0. The van der Waals surface area contributed by atoms with Crippen LogP contribution in [0.25, 0.3) is 0 Å². The van der Waals surface area contributed by atoms with Gasteiger partial charge in [-0.2, -0.15) is 0 Å².